The fraction of sp³-hybridized carbons (Fsp3) is 0.222. The van der Waals surface area contributed by atoms with E-state index >= 15 is 0 Å². The Bertz CT molecular complexity index is 273. The predicted octanol–water partition coefficient (Wildman–Crippen LogP) is 2.18. The van der Waals surface area contributed by atoms with Gasteiger partial charge in [0, 0.05) is 6.20 Å². The molecule has 0 radical (unpaired) electrons. The van der Waals surface area contributed by atoms with Gasteiger partial charge in [-0.1, -0.05) is 17.7 Å². The second kappa shape index (κ2) is 4.24. The number of halogens is 1. The van der Waals surface area contributed by atoms with Crippen molar-refractivity contribution in [3.63, 3.8) is 0 Å². The third kappa shape index (κ3) is 1.84. The first-order chi connectivity index (χ1) is 5.79. The summed E-state index contributed by atoms with van der Waals surface area (Å²) in [4.78, 5) is 4.15. The maximum Gasteiger partial charge on any atom is 0.0798 e. The van der Waals surface area contributed by atoms with Gasteiger partial charge in [0.15, 0.2) is 0 Å². The van der Waals surface area contributed by atoms with E-state index in [1.165, 1.54) is 0 Å². The summed E-state index contributed by atoms with van der Waals surface area (Å²) in [7, 11) is 1.84. The van der Waals surface area contributed by atoms with Crippen LogP contribution in [0.15, 0.2) is 31.0 Å². The van der Waals surface area contributed by atoms with E-state index in [4.69, 9.17) is 11.6 Å². The van der Waals surface area contributed by atoms with Crippen LogP contribution in [0, 0.1) is 0 Å². The second-order valence-corrected chi connectivity index (χ2v) is 2.78. The average Bonchev–Trinajstić information content (AvgIpc) is 2.10. The summed E-state index contributed by atoms with van der Waals surface area (Å²) in [6.45, 7) is 3.69. The molecule has 1 aromatic rings. The molecule has 64 valence electrons. The molecule has 0 saturated heterocycles. The number of hydrogen-bond donors (Lipinski definition) is 1. The van der Waals surface area contributed by atoms with Crippen LogP contribution in [-0.4, -0.2) is 12.0 Å². The quantitative estimate of drug-likeness (QED) is 0.725. The molecule has 0 aromatic carbocycles. The van der Waals surface area contributed by atoms with Gasteiger partial charge in [0.05, 0.1) is 16.8 Å². The van der Waals surface area contributed by atoms with Gasteiger partial charge in [0.1, 0.15) is 0 Å². The Balaban J connectivity index is 3.00. The van der Waals surface area contributed by atoms with E-state index in [0.717, 1.165) is 5.69 Å². The highest BCUT2D eigenvalue weighted by atomic mass is 35.5. The van der Waals surface area contributed by atoms with E-state index < -0.39 is 0 Å². The molecule has 0 aliphatic heterocycles. The molecule has 0 fully saturated rings. The highest BCUT2D eigenvalue weighted by Gasteiger charge is 2.08. The Morgan fingerprint density at radius 1 is 1.75 bits per heavy atom. The molecule has 1 N–H and O–H groups in total. The smallest absolute Gasteiger partial charge is 0.0798 e. The van der Waals surface area contributed by atoms with Crippen molar-refractivity contribution in [1.29, 1.82) is 0 Å². The molecule has 0 aliphatic rings. The summed E-state index contributed by atoms with van der Waals surface area (Å²) in [5, 5.41) is 3.71. The van der Waals surface area contributed by atoms with Crippen molar-refractivity contribution < 1.29 is 0 Å². The van der Waals surface area contributed by atoms with Gasteiger partial charge in [-0.05, 0) is 19.2 Å². The van der Waals surface area contributed by atoms with Crippen LogP contribution in [0.2, 0.25) is 5.02 Å². The van der Waals surface area contributed by atoms with Crippen LogP contribution < -0.4 is 5.32 Å². The molecule has 1 rings (SSSR count). The lowest BCUT2D eigenvalue weighted by molar-refractivity contribution is 0.694. The first-order valence-corrected chi connectivity index (χ1v) is 4.07. The number of hydrogen-bond acceptors (Lipinski definition) is 2. The molecule has 3 heteroatoms. The van der Waals surface area contributed by atoms with Crippen LogP contribution in [0.5, 0.6) is 0 Å². The van der Waals surface area contributed by atoms with Crippen molar-refractivity contribution in [2.24, 2.45) is 0 Å². The summed E-state index contributed by atoms with van der Waals surface area (Å²) in [5.41, 5.74) is 0.816. The fourth-order valence-corrected chi connectivity index (χ4v) is 1.23. The largest absolute Gasteiger partial charge is 0.308 e. The molecule has 1 aromatic heterocycles. The molecule has 1 unspecified atom stereocenters. The van der Waals surface area contributed by atoms with Gasteiger partial charge >= 0.3 is 0 Å². The lowest BCUT2D eigenvalue weighted by atomic mass is 10.2. The molecular weight excluding hydrogens is 172 g/mol. The number of aromatic nitrogens is 1. The van der Waals surface area contributed by atoms with Crippen LogP contribution >= 0.6 is 11.6 Å². The topological polar surface area (TPSA) is 24.9 Å². The maximum absolute atomic E-state index is 5.93. The maximum atomic E-state index is 5.93. The zero-order valence-corrected chi connectivity index (χ0v) is 7.67. The molecule has 0 spiro atoms. The molecule has 1 heterocycles. The van der Waals surface area contributed by atoms with Crippen molar-refractivity contribution in [2.75, 3.05) is 7.05 Å². The highest BCUT2D eigenvalue weighted by molar-refractivity contribution is 6.31. The monoisotopic (exact) mass is 182 g/mol. The first kappa shape index (κ1) is 9.23. The van der Waals surface area contributed by atoms with E-state index in [-0.39, 0.29) is 6.04 Å². The fourth-order valence-electron chi connectivity index (χ4n) is 0.993. The van der Waals surface area contributed by atoms with E-state index in [2.05, 4.69) is 16.9 Å². The molecule has 0 saturated carbocycles. The van der Waals surface area contributed by atoms with Gasteiger partial charge in [-0.15, -0.1) is 6.58 Å². The van der Waals surface area contributed by atoms with Gasteiger partial charge in [-0.25, -0.2) is 0 Å². The van der Waals surface area contributed by atoms with Crippen molar-refractivity contribution in [2.45, 2.75) is 6.04 Å². The third-order valence-electron chi connectivity index (χ3n) is 1.63. The van der Waals surface area contributed by atoms with Crippen LogP contribution in [0.4, 0.5) is 0 Å². The van der Waals surface area contributed by atoms with E-state index in [9.17, 15) is 0 Å². The number of nitrogens with one attached hydrogen (secondary N) is 1. The molecule has 0 bridgehead atoms. The zero-order chi connectivity index (χ0) is 8.97. The summed E-state index contributed by atoms with van der Waals surface area (Å²) in [6.07, 6.45) is 3.49. The highest BCUT2D eigenvalue weighted by Crippen LogP contribution is 2.19. The normalized spacial score (nSPS) is 12.5. The molecule has 0 aliphatic carbocycles. The summed E-state index contributed by atoms with van der Waals surface area (Å²) < 4.78 is 0. The van der Waals surface area contributed by atoms with Crippen LogP contribution in [0.3, 0.4) is 0 Å². The third-order valence-corrected chi connectivity index (χ3v) is 1.95. The number of likely N-dealkylation sites (N-methyl/N-ethyl adjacent to an activating group) is 1. The number of rotatable bonds is 3. The van der Waals surface area contributed by atoms with Gasteiger partial charge in [-0.3, -0.25) is 4.98 Å². The summed E-state index contributed by atoms with van der Waals surface area (Å²) in [6, 6.07) is 3.65. The molecular formula is C9H11ClN2. The Morgan fingerprint density at radius 3 is 3.00 bits per heavy atom. The van der Waals surface area contributed by atoms with Crippen molar-refractivity contribution in [3.05, 3.63) is 41.7 Å². The molecule has 1 atom stereocenters. The SMILES string of the molecule is C=CC(NC)c1ncccc1Cl. The lowest BCUT2D eigenvalue weighted by Gasteiger charge is -2.11. The molecule has 0 amide bonds. The van der Waals surface area contributed by atoms with Crippen LogP contribution in [-0.2, 0) is 0 Å². The minimum absolute atomic E-state index is 0.0266. The lowest BCUT2D eigenvalue weighted by Crippen LogP contribution is -2.15. The van der Waals surface area contributed by atoms with Gasteiger partial charge in [-0.2, -0.15) is 0 Å². The van der Waals surface area contributed by atoms with E-state index in [1.807, 2.05) is 19.2 Å². The predicted molar refractivity (Wildman–Crippen MR) is 51.2 cm³/mol. The molecule has 12 heavy (non-hydrogen) atoms. The van der Waals surface area contributed by atoms with Crippen LogP contribution in [0.1, 0.15) is 11.7 Å². The number of nitrogens with zero attached hydrogens (tertiary/aromatic N) is 1. The summed E-state index contributed by atoms with van der Waals surface area (Å²) in [5.74, 6) is 0. The van der Waals surface area contributed by atoms with E-state index in [0.29, 0.717) is 5.02 Å². The second-order valence-electron chi connectivity index (χ2n) is 2.37. The van der Waals surface area contributed by atoms with Crippen molar-refractivity contribution >= 4 is 11.6 Å². The Morgan fingerprint density at radius 2 is 2.50 bits per heavy atom. The Kier molecular flexibility index (Phi) is 3.26. The Hall–Kier alpha value is -0.860. The minimum Gasteiger partial charge on any atom is -0.308 e. The van der Waals surface area contributed by atoms with Gasteiger partial charge in [0.2, 0.25) is 0 Å². The van der Waals surface area contributed by atoms with E-state index in [1.54, 1.807) is 12.3 Å². The van der Waals surface area contributed by atoms with Gasteiger partial charge in [0.25, 0.3) is 0 Å². The summed E-state index contributed by atoms with van der Waals surface area (Å²) >= 11 is 5.93. The standard InChI is InChI=1S/C9H11ClN2/c1-3-8(11-2)9-7(10)5-4-6-12-9/h3-6,8,11H,1H2,2H3. The Labute approximate surface area is 77.3 Å². The van der Waals surface area contributed by atoms with Crippen LogP contribution in [0.25, 0.3) is 0 Å². The number of pyridine rings is 1. The average molecular weight is 183 g/mol. The zero-order valence-electron chi connectivity index (χ0n) is 6.92. The van der Waals surface area contributed by atoms with Gasteiger partial charge < -0.3 is 5.32 Å². The van der Waals surface area contributed by atoms with Crippen molar-refractivity contribution in [1.82, 2.24) is 10.3 Å². The molecule has 2 nitrogen and oxygen atoms in total. The van der Waals surface area contributed by atoms with Crippen molar-refractivity contribution in [3.8, 4) is 0 Å². The first-order valence-electron chi connectivity index (χ1n) is 3.70. The minimum atomic E-state index is 0.0266.